The van der Waals surface area contributed by atoms with Crippen molar-refractivity contribution in [1.82, 2.24) is 4.98 Å². The molecule has 0 atom stereocenters. The van der Waals surface area contributed by atoms with Gasteiger partial charge in [0, 0.05) is 34.3 Å². The van der Waals surface area contributed by atoms with Gasteiger partial charge in [-0.1, -0.05) is 72.8 Å². The van der Waals surface area contributed by atoms with Gasteiger partial charge in [-0.15, -0.1) is 0 Å². The maximum absolute atomic E-state index is 11.5. The van der Waals surface area contributed by atoms with Crippen LogP contribution in [-0.4, -0.2) is 29.7 Å². The van der Waals surface area contributed by atoms with Gasteiger partial charge in [0.05, 0.1) is 0 Å². The van der Waals surface area contributed by atoms with E-state index >= 15 is 0 Å². The van der Waals surface area contributed by atoms with Crippen molar-refractivity contribution in [3.8, 4) is 44.5 Å². The Morgan fingerprint density at radius 1 is 0.729 bits per heavy atom. The fourth-order valence-electron chi connectivity index (χ4n) is 5.52. The highest BCUT2D eigenvalue weighted by atomic mass is 19.4. The van der Waals surface area contributed by atoms with Gasteiger partial charge in [-0.3, -0.25) is 9.59 Å². The molecule has 6 aromatic rings. The Labute approximate surface area is 275 Å². The van der Waals surface area contributed by atoms with Crippen molar-refractivity contribution in [1.29, 1.82) is 0 Å². The van der Waals surface area contributed by atoms with Crippen LogP contribution in [0.2, 0.25) is 0 Å². The van der Waals surface area contributed by atoms with E-state index in [0.717, 1.165) is 78.5 Å². The number of hydrogen-bond acceptors (Lipinski definition) is 5. The predicted octanol–water partition coefficient (Wildman–Crippen LogP) is 7.32. The first-order chi connectivity index (χ1) is 23.2. The van der Waals surface area contributed by atoms with E-state index in [9.17, 15) is 22.8 Å². The minimum atomic E-state index is -5.19. The van der Waals surface area contributed by atoms with Crippen LogP contribution in [0, 0.1) is 13.8 Å². The van der Waals surface area contributed by atoms with Crippen molar-refractivity contribution >= 4 is 35.1 Å². The number of aldehydes is 2. The summed E-state index contributed by atoms with van der Waals surface area (Å²) >= 11 is 0. The van der Waals surface area contributed by atoms with Gasteiger partial charge < -0.3 is 15.6 Å². The van der Waals surface area contributed by atoms with E-state index in [0.29, 0.717) is 11.1 Å². The number of hydrogen-bond donors (Lipinski definition) is 1. The van der Waals surface area contributed by atoms with E-state index in [1.807, 2.05) is 48.7 Å². The number of fused-ring (bicyclic) bond motifs is 1. The number of carbonyl (C=O) groups excluding carboxylic acids is 3. The molecule has 240 valence electrons. The maximum atomic E-state index is 11.5. The molecule has 0 aliphatic rings. The van der Waals surface area contributed by atoms with Crippen molar-refractivity contribution in [3.63, 3.8) is 0 Å². The van der Waals surface area contributed by atoms with Crippen LogP contribution in [0.4, 0.5) is 18.9 Å². The summed E-state index contributed by atoms with van der Waals surface area (Å²) in [6.07, 6.45) is -3.11. The summed E-state index contributed by atoms with van der Waals surface area (Å²) in [6.45, 7) is 4.17. The third-order valence-electron chi connectivity index (χ3n) is 7.84. The number of carboxylic acid groups (broad SMARTS) is 1. The van der Waals surface area contributed by atoms with Crippen molar-refractivity contribution in [2.45, 2.75) is 20.0 Å². The van der Waals surface area contributed by atoms with Crippen LogP contribution >= 0.6 is 0 Å². The smallest absolute Gasteiger partial charge is 0.430 e. The van der Waals surface area contributed by atoms with Crippen LogP contribution in [0.3, 0.4) is 0 Å². The standard InChI is InChI=1S/C37H28N2O2.C2HF3O2/c1-23-13-29(27-7-3-5-25(15-27)21-40)9-11-34(23)31-17-32-18-33(20-39-37(32)36(38)19-31)35-12-10-30(14-24(35)2)28-8-4-6-26(16-28)22-41;3-2(4,5)1(6)7/h3-22H,38H2,1-2H3;(H,6,7)/i21D;. The zero-order valence-corrected chi connectivity index (χ0v) is 25.9. The fourth-order valence-corrected chi connectivity index (χ4v) is 5.52. The number of aryl methyl sites for hydroxylation is 2. The lowest BCUT2D eigenvalue weighted by molar-refractivity contribution is -0.344. The average molecular weight is 648 g/mol. The summed E-state index contributed by atoms with van der Waals surface area (Å²) in [5.74, 6) is -3.01. The molecule has 5 aromatic carbocycles. The van der Waals surface area contributed by atoms with E-state index in [1.54, 1.807) is 12.1 Å². The van der Waals surface area contributed by atoms with Gasteiger partial charge in [-0.05, 0) is 88.2 Å². The summed E-state index contributed by atoms with van der Waals surface area (Å²) < 4.78 is 39.0. The van der Waals surface area contributed by atoms with Crippen LogP contribution in [0.25, 0.3) is 55.4 Å². The maximum Gasteiger partial charge on any atom is 0.430 e. The Morgan fingerprint density at radius 3 is 1.75 bits per heavy atom. The second-order valence-electron chi connectivity index (χ2n) is 11.2. The molecule has 0 bridgehead atoms. The number of aliphatic carboxylic acids is 1. The Bertz CT molecular complexity index is 2250. The number of carboxylic acids is 1. The van der Waals surface area contributed by atoms with Gasteiger partial charge >= 0.3 is 6.18 Å². The largest absolute Gasteiger partial charge is 0.542 e. The van der Waals surface area contributed by atoms with Gasteiger partial charge in [-0.25, -0.2) is 4.98 Å². The van der Waals surface area contributed by atoms with Crippen LogP contribution in [-0.2, 0) is 4.79 Å². The molecule has 0 unspecified atom stereocenters. The normalized spacial score (nSPS) is 11.3. The molecule has 0 saturated heterocycles. The summed E-state index contributed by atoms with van der Waals surface area (Å²) in [5.41, 5.74) is 17.6. The van der Waals surface area contributed by atoms with Crippen molar-refractivity contribution in [3.05, 3.63) is 132 Å². The van der Waals surface area contributed by atoms with Crippen molar-refractivity contribution in [2.24, 2.45) is 0 Å². The molecule has 48 heavy (non-hydrogen) atoms. The predicted molar refractivity (Wildman–Crippen MR) is 177 cm³/mol. The highest BCUT2D eigenvalue weighted by Crippen LogP contribution is 2.35. The molecule has 1 heterocycles. The quantitative estimate of drug-likeness (QED) is 0.190. The van der Waals surface area contributed by atoms with Gasteiger partial charge in [0.2, 0.25) is 0 Å². The number of benzene rings is 5. The SMILES string of the molecule is O=C([O-])C(F)(F)F.[2H]C(=O)c1cccc(-c2ccc(-c3cc([NH3+])c4ncc(-c5ccc(-c6cccc(C=O)c6)cc5C)cc4c3)c(C)c2)c1. The minimum absolute atomic E-state index is 0.380. The summed E-state index contributed by atoms with van der Waals surface area (Å²) in [6, 6.07) is 33.8. The Kier molecular flexibility index (Phi) is 9.22. The molecule has 0 saturated carbocycles. The van der Waals surface area contributed by atoms with Crippen molar-refractivity contribution in [2.75, 3.05) is 0 Å². The molecule has 3 N–H and O–H groups in total. The number of alkyl halides is 3. The van der Waals surface area contributed by atoms with E-state index in [2.05, 4.69) is 68.1 Å². The number of halogens is 3. The number of pyridine rings is 1. The average Bonchev–Trinajstić information content (AvgIpc) is 3.07. The second-order valence-corrected chi connectivity index (χ2v) is 11.2. The first-order valence-electron chi connectivity index (χ1n) is 15.2. The molecular formula is C39H29F3N2O4. The molecule has 0 fully saturated rings. The van der Waals surface area contributed by atoms with E-state index < -0.39 is 18.4 Å². The van der Waals surface area contributed by atoms with Crippen LogP contribution in [0.5, 0.6) is 0 Å². The monoisotopic (exact) mass is 647 g/mol. The number of quaternary nitrogens is 1. The molecule has 9 heteroatoms. The molecule has 6 nitrogen and oxygen atoms in total. The lowest BCUT2D eigenvalue weighted by atomic mass is 9.93. The number of nitrogens with zero attached hydrogens (tertiary/aromatic N) is 1. The summed E-state index contributed by atoms with van der Waals surface area (Å²) in [4.78, 5) is 36.4. The molecule has 0 aliphatic heterocycles. The highest BCUT2D eigenvalue weighted by Gasteiger charge is 2.28. The molecule has 6 rings (SSSR count). The molecular weight excluding hydrogens is 617 g/mol. The lowest BCUT2D eigenvalue weighted by Crippen LogP contribution is -2.40. The summed E-state index contributed by atoms with van der Waals surface area (Å²) in [7, 11) is 0. The number of carbonyl (C=O) groups is 3. The number of rotatable bonds is 6. The molecule has 0 aliphatic carbocycles. The van der Waals surface area contributed by atoms with Gasteiger partial charge in [0.15, 0.2) is 5.69 Å². The molecule has 0 spiro atoms. The summed E-state index contributed by atoms with van der Waals surface area (Å²) in [5, 5.41) is 9.80. The molecule has 1 aromatic heterocycles. The topological polar surface area (TPSA) is 115 Å². The molecule has 0 amide bonds. The fraction of sp³-hybridized carbons (Fsp3) is 0.0769. The van der Waals surface area contributed by atoms with Crippen molar-refractivity contribution < 1.29 is 39.8 Å². The van der Waals surface area contributed by atoms with Crippen LogP contribution < -0.4 is 10.8 Å². The Hall–Kier alpha value is -5.93. The van der Waals surface area contributed by atoms with E-state index in [4.69, 9.17) is 16.3 Å². The Balaban J connectivity index is 0.000000606. The van der Waals surface area contributed by atoms with Gasteiger partial charge in [0.1, 0.15) is 25.4 Å². The van der Waals surface area contributed by atoms with Crippen LogP contribution in [0.1, 0.15) is 33.2 Å². The highest BCUT2D eigenvalue weighted by molar-refractivity contribution is 5.95. The molecule has 0 radical (unpaired) electrons. The zero-order valence-electron chi connectivity index (χ0n) is 26.9. The number of aromatic nitrogens is 1. The first-order valence-corrected chi connectivity index (χ1v) is 14.7. The van der Waals surface area contributed by atoms with Gasteiger partial charge in [-0.2, -0.15) is 13.2 Å². The lowest BCUT2D eigenvalue weighted by Gasteiger charge is -2.13. The Morgan fingerprint density at radius 2 is 1.23 bits per heavy atom. The van der Waals surface area contributed by atoms with E-state index in [1.165, 1.54) is 0 Å². The zero-order chi connectivity index (χ0) is 35.5. The van der Waals surface area contributed by atoms with E-state index in [-0.39, 0.29) is 0 Å². The minimum Gasteiger partial charge on any atom is -0.542 e. The van der Waals surface area contributed by atoms with Crippen LogP contribution in [0.15, 0.2) is 109 Å². The first kappa shape index (κ1) is 32.0. The second kappa shape index (κ2) is 13.8. The third kappa shape index (κ3) is 7.37. The van der Waals surface area contributed by atoms with Gasteiger partial charge in [0.25, 0.3) is 0 Å². The third-order valence-corrected chi connectivity index (χ3v) is 7.84.